The van der Waals surface area contributed by atoms with Crippen molar-refractivity contribution in [3.05, 3.63) is 11.6 Å². The first kappa shape index (κ1) is 25.7. The van der Waals surface area contributed by atoms with Crippen LogP contribution >= 0.6 is 0 Å². The molecule has 0 spiro atoms. The summed E-state index contributed by atoms with van der Waals surface area (Å²) < 4.78 is 5.57. The van der Waals surface area contributed by atoms with Gasteiger partial charge in [-0.1, -0.05) is 45.8 Å². The molecule has 0 amide bonds. The van der Waals surface area contributed by atoms with E-state index < -0.39 is 11.2 Å². The zero-order chi connectivity index (χ0) is 23.9. The molecule has 0 aromatic rings. The first-order chi connectivity index (χ1) is 15.7. The third-order valence-corrected chi connectivity index (χ3v) is 11.1. The number of rotatable bonds is 4. The van der Waals surface area contributed by atoms with E-state index in [-0.39, 0.29) is 0 Å². The number of aliphatic hydroxyl groups is 2. The molecule has 3 heteroatoms. The molecule has 4 fully saturated rings. The lowest BCUT2D eigenvalue weighted by molar-refractivity contribution is -0.0926. The van der Waals surface area contributed by atoms with Gasteiger partial charge in [0.05, 0.1) is 17.8 Å². The van der Waals surface area contributed by atoms with Crippen LogP contribution in [0.5, 0.6) is 0 Å². The molecule has 3 saturated carbocycles. The Morgan fingerprint density at radius 2 is 1.76 bits per heavy atom. The molecule has 0 bridgehead atoms. The Balaban J connectivity index is 0.00000126. The summed E-state index contributed by atoms with van der Waals surface area (Å²) in [6, 6.07) is 0. The van der Waals surface area contributed by atoms with E-state index >= 15 is 0 Å². The molecular weight excluding hydrogens is 408 g/mol. The van der Waals surface area contributed by atoms with Gasteiger partial charge in [-0.3, -0.25) is 0 Å². The number of hydrogen-bond acceptors (Lipinski definition) is 3. The molecule has 0 aromatic carbocycles. The van der Waals surface area contributed by atoms with Crippen LogP contribution in [-0.2, 0) is 4.74 Å². The minimum absolute atomic E-state index is 0.328. The summed E-state index contributed by atoms with van der Waals surface area (Å²) in [5.74, 6) is 3.36. The second-order valence-corrected chi connectivity index (χ2v) is 13.0. The Hall–Kier alpha value is -0.380. The summed E-state index contributed by atoms with van der Waals surface area (Å²) in [6.45, 7) is 12.6. The van der Waals surface area contributed by atoms with Crippen LogP contribution in [0.25, 0.3) is 0 Å². The normalized spacial score (nSPS) is 49.1. The second-order valence-electron chi connectivity index (χ2n) is 13.0. The molecule has 5 aliphatic rings. The fraction of sp³-hybridized carbons (Fsp3) is 0.933. The summed E-state index contributed by atoms with van der Waals surface area (Å²) in [4.78, 5) is 0. The van der Waals surface area contributed by atoms with E-state index in [1.54, 1.807) is 5.57 Å². The molecule has 4 aliphatic carbocycles. The van der Waals surface area contributed by atoms with Crippen LogP contribution in [0.2, 0.25) is 0 Å². The van der Waals surface area contributed by atoms with Crippen LogP contribution in [0.4, 0.5) is 0 Å². The second kappa shape index (κ2) is 9.58. The third kappa shape index (κ3) is 4.73. The minimum atomic E-state index is -0.559. The van der Waals surface area contributed by atoms with Gasteiger partial charge in [0, 0.05) is 6.61 Å². The number of allylic oxidation sites excluding steroid dienone is 1. The van der Waals surface area contributed by atoms with Crippen molar-refractivity contribution < 1.29 is 14.9 Å². The van der Waals surface area contributed by atoms with Crippen molar-refractivity contribution in [3.8, 4) is 0 Å². The molecule has 1 heterocycles. The van der Waals surface area contributed by atoms with Crippen molar-refractivity contribution in [2.24, 2.45) is 34.5 Å². The van der Waals surface area contributed by atoms with Gasteiger partial charge in [-0.15, -0.1) is 0 Å². The minimum Gasteiger partial charge on any atom is -0.390 e. The van der Waals surface area contributed by atoms with Crippen molar-refractivity contribution in [3.63, 3.8) is 0 Å². The molecule has 2 N–H and O–H groups in total. The summed E-state index contributed by atoms with van der Waals surface area (Å²) in [5, 5.41) is 21.5. The maximum atomic E-state index is 10.8. The van der Waals surface area contributed by atoms with Crippen molar-refractivity contribution in [1.29, 1.82) is 0 Å². The highest BCUT2D eigenvalue weighted by Crippen LogP contribution is 2.67. The van der Waals surface area contributed by atoms with Crippen LogP contribution in [-0.4, -0.2) is 34.6 Å². The van der Waals surface area contributed by atoms with Crippen LogP contribution in [0.15, 0.2) is 11.6 Å². The lowest BCUT2D eigenvalue weighted by Crippen LogP contribution is -2.51. The van der Waals surface area contributed by atoms with Gasteiger partial charge in [0.1, 0.15) is 0 Å². The maximum absolute atomic E-state index is 10.8. The van der Waals surface area contributed by atoms with E-state index in [9.17, 15) is 10.2 Å². The third-order valence-electron chi connectivity index (χ3n) is 11.1. The highest BCUT2D eigenvalue weighted by atomic mass is 16.5. The number of hydrogen-bond donors (Lipinski definition) is 2. The van der Waals surface area contributed by atoms with Gasteiger partial charge in [-0.2, -0.15) is 0 Å². The molecule has 3 nitrogen and oxygen atoms in total. The first-order valence-electron chi connectivity index (χ1n) is 14.4. The molecule has 0 radical (unpaired) electrons. The number of ether oxygens (including phenoxy) is 1. The van der Waals surface area contributed by atoms with E-state index in [0.717, 1.165) is 68.8 Å². The molecule has 5 rings (SSSR count). The summed E-state index contributed by atoms with van der Waals surface area (Å²) in [7, 11) is 0. The molecule has 190 valence electrons. The average molecular weight is 461 g/mol. The van der Waals surface area contributed by atoms with Crippen LogP contribution in [0.3, 0.4) is 0 Å². The van der Waals surface area contributed by atoms with Gasteiger partial charge >= 0.3 is 0 Å². The Morgan fingerprint density at radius 1 is 0.970 bits per heavy atom. The van der Waals surface area contributed by atoms with Gasteiger partial charge in [0.2, 0.25) is 0 Å². The fourth-order valence-corrected chi connectivity index (χ4v) is 9.10. The highest BCUT2D eigenvalue weighted by molar-refractivity contribution is 5.26. The lowest BCUT2D eigenvalue weighted by Gasteiger charge is -2.59. The van der Waals surface area contributed by atoms with Crippen molar-refractivity contribution >= 4 is 0 Å². The first-order valence-corrected chi connectivity index (χ1v) is 14.4. The fourth-order valence-electron chi connectivity index (χ4n) is 9.10. The molecule has 1 aliphatic heterocycles. The van der Waals surface area contributed by atoms with Gasteiger partial charge in [0.15, 0.2) is 0 Å². The Bertz CT molecular complexity index is 705. The van der Waals surface area contributed by atoms with Crippen LogP contribution in [0, 0.1) is 34.5 Å². The monoisotopic (exact) mass is 460 g/mol. The Kier molecular flexibility index (Phi) is 7.46. The van der Waals surface area contributed by atoms with E-state index in [1.807, 2.05) is 20.8 Å². The predicted octanol–water partition coefficient (Wildman–Crippen LogP) is 7.05. The smallest absolute Gasteiger partial charge is 0.0881 e. The molecule has 0 aromatic heterocycles. The quantitative estimate of drug-likeness (QED) is 0.442. The SMILES string of the molecule is CC.CC12CC[C@](C)(O)CC1=CCC1C2CCC2(C)C1CC[C@@H]2CCCC1(O)CCCOC1. The molecule has 1 saturated heterocycles. The molecule has 8 atom stereocenters. The Morgan fingerprint density at radius 3 is 2.48 bits per heavy atom. The van der Waals surface area contributed by atoms with Crippen molar-refractivity contribution in [1.82, 2.24) is 0 Å². The predicted molar refractivity (Wildman–Crippen MR) is 136 cm³/mol. The van der Waals surface area contributed by atoms with Crippen molar-refractivity contribution in [2.75, 3.05) is 13.2 Å². The lowest BCUT2D eigenvalue weighted by atomic mass is 9.46. The standard InChI is InChI=1S/C28H46O3.C2H6/c1-25(29)15-16-27(3)21(18-25)7-9-22-23-10-8-20(26(23,2)14-11-24(22)27)6-4-12-28(30)13-5-17-31-19-28;1-2/h7,20,22-24,29-30H,4-6,8-19H2,1-3H3;1-2H3/t20-,22?,23?,24?,25-,26?,27?,28?;/m0./s1. The average Bonchev–Trinajstić information content (AvgIpc) is 3.12. The summed E-state index contributed by atoms with van der Waals surface area (Å²) >= 11 is 0. The van der Waals surface area contributed by atoms with Gasteiger partial charge < -0.3 is 14.9 Å². The van der Waals surface area contributed by atoms with Crippen LogP contribution in [0.1, 0.15) is 118 Å². The van der Waals surface area contributed by atoms with E-state index in [0.29, 0.717) is 17.4 Å². The van der Waals surface area contributed by atoms with Gasteiger partial charge in [-0.25, -0.2) is 0 Å². The number of fused-ring (bicyclic) bond motifs is 5. The summed E-state index contributed by atoms with van der Waals surface area (Å²) in [6.07, 6.45) is 17.7. The zero-order valence-corrected chi connectivity index (χ0v) is 22.3. The van der Waals surface area contributed by atoms with E-state index in [4.69, 9.17) is 4.74 Å². The van der Waals surface area contributed by atoms with Gasteiger partial charge in [-0.05, 0) is 118 Å². The zero-order valence-electron chi connectivity index (χ0n) is 22.3. The molecular formula is C30H52O3. The molecule has 33 heavy (non-hydrogen) atoms. The summed E-state index contributed by atoms with van der Waals surface area (Å²) in [5.41, 5.74) is 1.35. The largest absolute Gasteiger partial charge is 0.390 e. The highest BCUT2D eigenvalue weighted by Gasteiger charge is 2.58. The van der Waals surface area contributed by atoms with E-state index in [2.05, 4.69) is 19.9 Å². The van der Waals surface area contributed by atoms with Crippen molar-refractivity contribution in [2.45, 2.75) is 129 Å². The maximum Gasteiger partial charge on any atom is 0.0881 e. The van der Waals surface area contributed by atoms with E-state index in [1.165, 1.54) is 44.9 Å². The van der Waals surface area contributed by atoms with Crippen LogP contribution < -0.4 is 0 Å². The topological polar surface area (TPSA) is 49.7 Å². The molecule has 6 unspecified atom stereocenters. The van der Waals surface area contributed by atoms with Gasteiger partial charge in [0.25, 0.3) is 0 Å². The Labute approximate surface area is 203 Å².